The SMILES string of the molecule is CC1(C)CCC(N2CC(C#N)CC2=O)CC1. The Labute approximate surface area is 97.4 Å². The van der Waals surface area contributed by atoms with Crippen LogP contribution in [-0.4, -0.2) is 23.4 Å². The highest BCUT2D eigenvalue weighted by Crippen LogP contribution is 2.38. The number of carbonyl (C=O) groups is 1. The van der Waals surface area contributed by atoms with Crippen molar-refractivity contribution in [2.45, 2.75) is 52.0 Å². The van der Waals surface area contributed by atoms with Gasteiger partial charge in [0.25, 0.3) is 0 Å². The molecule has 16 heavy (non-hydrogen) atoms. The van der Waals surface area contributed by atoms with Crippen molar-refractivity contribution < 1.29 is 4.79 Å². The van der Waals surface area contributed by atoms with Crippen LogP contribution in [0.5, 0.6) is 0 Å². The maximum atomic E-state index is 11.8. The minimum absolute atomic E-state index is 0.0672. The predicted octanol–water partition coefficient (Wildman–Crippen LogP) is 2.33. The van der Waals surface area contributed by atoms with Gasteiger partial charge >= 0.3 is 0 Å². The van der Waals surface area contributed by atoms with Crippen molar-refractivity contribution in [1.29, 1.82) is 5.26 Å². The fraction of sp³-hybridized carbons (Fsp3) is 0.846. The Morgan fingerprint density at radius 3 is 2.50 bits per heavy atom. The number of carbonyl (C=O) groups excluding carboxylic acids is 1. The molecule has 1 saturated heterocycles. The average Bonchev–Trinajstić information content (AvgIpc) is 2.60. The molecule has 1 saturated carbocycles. The summed E-state index contributed by atoms with van der Waals surface area (Å²) in [6.45, 7) is 5.26. The minimum atomic E-state index is -0.0672. The molecule has 0 aromatic carbocycles. The third-order valence-electron chi connectivity index (χ3n) is 4.09. The first kappa shape index (κ1) is 11.4. The molecule has 0 N–H and O–H groups in total. The summed E-state index contributed by atoms with van der Waals surface area (Å²) in [4.78, 5) is 13.7. The molecule has 1 heterocycles. The lowest BCUT2D eigenvalue weighted by atomic mass is 9.75. The van der Waals surface area contributed by atoms with E-state index in [1.54, 1.807) is 0 Å². The first-order valence-electron chi connectivity index (χ1n) is 6.21. The Hall–Kier alpha value is -1.04. The summed E-state index contributed by atoms with van der Waals surface area (Å²) in [5.74, 6) is 0.124. The van der Waals surface area contributed by atoms with Crippen molar-refractivity contribution in [2.24, 2.45) is 11.3 Å². The van der Waals surface area contributed by atoms with Crippen molar-refractivity contribution in [3.8, 4) is 6.07 Å². The van der Waals surface area contributed by atoms with E-state index >= 15 is 0 Å². The molecule has 1 aliphatic carbocycles. The summed E-state index contributed by atoms with van der Waals surface area (Å²) < 4.78 is 0. The second-order valence-corrected chi connectivity index (χ2v) is 5.97. The fourth-order valence-corrected chi connectivity index (χ4v) is 2.87. The lowest BCUT2D eigenvalue weighted by Gasteiger charge is -2.38. The molecule has 0 spiro atoms. The van der Waals surface area contributed by atoms with E-state index in [4.69, 9.17) is 5.26 Å². The van der Waals surface area contributed by atoms with Crippen LogP contribution in [0.2, 0.25) is 0 Å². The Morgan fingerprint density at radius 2 is 2.00 bits per heavy atom. The van der Waals surface area contributed by atoms with Crippen molar-refractivity contribution in [3.63, 3.8) is 0 Å². The first-order chi connectivity index (χ1) is 7.52. The van der Waals surface area contributed by atoms with E-state index in [1.165, 1.54) is 12.8 Å². The van der Waals surface area contributed by atoms with Crippen LogP contribution in [0.4, 0.5) is 0 Å². The van der Waals surface area contributed by atoms with Crippen molar-refractivity contribution in [3.05, 3.63) is 0 Å². The summed E-state index contributed by atoms with van der Waals surface area (Å²) in [5.41, 5.74) is 0.438. The van der Waals surface area contributed by atoms with Gasteiger partial charge in [0.05, 0.1) is 12.0 Å². The average molecular weight is 220 g/mol. The van der Waals surface area contributed by atoms with E-state index in [1.807, 2.05) is 4.90 Å². The minimum Gasteiger partial charge on any atom is -0.338 e. The number of nitriles is 1. The van der Waals surface area contributed by atoms with Crippen molar-refractivity contribution in [2.75, 3.05) is 6.54 Å². The zero-order valence-electron chi connectivity index (χ0n) is 10.2. The Balaban J connectivity index is 1.95. The van der Waals surface area contributed by atoms with Crippen LogP contribution in [0, 0.1) is 22.7 Å². The third-order valence-corrected chi connectivity index (χ3v) is 4.09. The van der Waals surface area contributed by atoms with Gasteiger partial charge in [-0.3, -0.25) is 4.79 Å². The van der Waals surface area contributed by atoms with Gasteiger partial charge in [-0.15, -0.1) is 0 Å². The summed E-state index contributed by atoms with van der Waals surface area (Å²) >= 11 is 0. The maximum Gasteiger partial charge on any atom is 0.224 e. The molecule has 1 atom stereocenters. The lowest BCUT2D eigenvalue weighted by Crippen LogP contribution is -2.40. The molecule has 2 aliphatic rings. The molecule has 0 bridgehead atoms. The van der Waals surface area contributed by atoms with E-state index in [2.05, 4.69) is 19.9 Å². The smallest absolute Gasteiger partial charge is 0.224 e. The standard InChI is InChI=1S/C13H20N2O/c1-13(2)5-3-11(4-6-13)15-9-10(8-14)7-12(15)16/h10-11H,3-7,9H2,1-2H3. The largest absolute Gasteiger partial charge is 0.338 e. The highest BCUT2D eigenvalue weighted by atomic mass is 16.2. The van der Waals surface area contributed by atoms with Crippen LogP contribution in [-0.2, 0) is 4.79 Å². The Kier molecular flexibility index (Phi) is 2.92. The molecule has 0 aromatic heterocycles. The van der Waals surface area contributed by atoms with Crippen molar-refractivity contribution >= 4 is 5.91 Å². The van der Waals surface area contributed by atoms with Crippen molar-refractivity contribution in [1.82, 2.24) is 4.90 Å². The van der Waals surface area contributed by atoms with Gasteiger partial charge in [-0.2, -0.15) is 5.26 Å². The topological polar surface area (TPSA) is 44.1 Å². The molecule has 88 valence electrons. The van der Waals surface area contributed by atoms with Gasteiger partial charge < -0.3 is 4.90 Å². The number of nitrogens with zero attached hydrogens (tertiary/aromatic N) is 2. The molecule has 1 aliphatic heterocycles. The summed E-state index contributed by atoms with van der Waals surface area (Å²) in [6, 6.07) is 2.62. The van der Waals surface area contributed by atoms with E-state index in [-0.39, 0.29) is 11.8 Å². The van der Waals surface area contributed by atoms with E-state index < -0.39 is 0 Å². The normalized spacial score (nSPS) is 30.4. The molecule has 1 amide bonds. The van der Waals surface area contributed by atoms with Gasteiger partial charge in [0, 0.05) is 19.0 Å². The summed E-state index contributed by atoms with van der Waals surface area (Å²) in [7, 11) is 0. The highest BCUT2D eigenvalue weighted by molar-refractivity contribution is 5.79. The van der Waals surface area contributed by atoms with Crippen LogP contribution < -0.4 is 0 Å². The van der Waals surface area contributed by atoms with Gasteiger partial charge in [-0.1, -0.05) is 13.8 Å². The molecule has 0 aromatic rings. The first-order valence-corrected chi connectivity index (χ1v) is 6.21. The molecule has 3 nitrogen and oxygen atoms in total. The molecule has 1 unspecified atom stereocenters. The lowest BCUT2D eigenvalue weighted by molar-refractivity contribution is -0.130. The number of amides is 1. The summed E-state index contributed by atoms with van der Waals surface area (Å²) in [6.07, 6.45) is 5.04. The van der Waals surface area contributed by atoms with Crippen LogP contribution in [0.25, 0.3) is 0 Å². The van der Waals surface area contributed by atoms with E-state index in [9.17, 15) is 4.79 Å². The van der Waals surface area contributed by atoms with Crippen LogP contribution in [0.15, 0.2) is 0 Å². The molecule has 0 radical (unpaired) electrons. The fourth-order valence-electron chi connectivity index (χ4n) is 2.87. The van der Waals surface area contributed by atoms with Crippen LogP contribution in [0.3, 0.4) is 0 Å². The Bertz CT molecular complexity index is 319. The monoisotopic (exact) mass is 220 g/mol. The second-order valence-electron chi connectivity index (χ2n) is 5.97. The van der Waals surface area contributed by atoms with Gasteiger partial charge in [-0.25, -0.2) is 0 Å². The quantitative estimate of drug-likeness (QED) is 0.680. The zero-order chi connectivity index (χ0) is 11.8. The molecule has 2 rings (SSSR count). The molecule has 2 fully saturated rings. The highest BCUT2D eigenvalue weighted by Gasteiger charge is 2.37. The predicted molar refractivity (Wildman–Crippen MR) is 61.5 cm³/mol. The van der Waals surface area contributed by atoms with Gasteiger partial charge in [-0.05, 0) is 31.1 Å². The van der Waals surface area contributed by atoms with Crippen LogP contribution >= 0.6 is 0 Å². The molecular formula is C13H20N2O. The number of hydrogen-bond acceptors (Lipinski definition) is 2. The number of hydrogen-bond donors (Lipinski definition) is 0. The number of rotatable bonds is 1. The second kappa shape index (κ2) is 4.08. The molecular weight excluding hydrogens is 200 g/mol. The molecule has 3 heteroatoms. The summed E-state index contributed by atoms with van der Waals surface area (Å²) in [5, 5.41) is 8.85. The Morgan fingerprint density at radius 1 is 1.38 bits per heavy atom. The third kappa shape index (κ3) is 2.21. The van der Waals surface area contributed by atoms with Gasteiger partial charge in [0.2, 0.25) is 5.91 Å². The van der Waals surface area contributed by atoms with Crippen LogP contribution in [0.1, 0.15) is 46.0 Å². The van der Waals surface area contributed by atoms with E-state index in [0.29, 0.717) is 24.4 Å². The zero-order valence-corrected chi connectivity index (χ0v) is 10.2. The van der Waals surface area contributed by atoms with E-state index in [0.717, 1.165) is 12.8 Å². The van der Waals surface area contributed by atoms with Gasteiger partial charge in [0.15, 0.2) is 0 Å². The maximum absolute atomic E-state index is 11.8. The van der Waals surface area contributed by atoms with Gasteiger partial charge in [0.1, 0.15) is 0 Å². The number of likely N-dealkylation sites (tertiary alicyclic amines) is 1.